The molecule has 7 heteroatoms. The number of hydrogen-bond acceptors (Lipinski definition) is 4. The molecule has 0 saturated heterocycles. The van der Waals surface area contributed by atoms with Crippen molar-refractivity contribution in [3.8, 4) is 17.3 Å². The van der Waals surface area contributed by atoms with E-state index in [4.69, 9.17) is 4.74 Å². The Bertz CT molecular complexity index is 1300. The number of ether oxygens (including phenoxy) is 1. The van der Waals surface area contributed by atoms with E-state index in [2.05, 4.69) is 16.0 Å². The van der Waals surface area contributed by atoms with Gasteiger partial charge < -0.3 is 9.30 Å². The highest BCUT2D eigenvalue weighted by Crippen LogP contribution is 2.43. The van der Waals surface area contributed by atoms with Gasteiger partial charge in [-0.15, -0.1) is 0 Å². The van der Waals surface area contributed by atoms with Crippen LogP contribution in [0.25, 0.3) is 22.2 Å². The van der Waals surface area contributed by atoms with Crippen molar-refractivity contribution in [2.75, 3.05) is 11.1 Å². The molecule has 1 aromatic heterocycles. The van der Waals surface area contributed by atoms with Crippen molar-refractivity contribution >= 4 is 33.5 Å². The number of benzene rings is 2. The quantitative estimate of drug-likeness (QED) is 0.430. The summed E-state index contributed by atoms with van der Waals surface area (Å²) in [6.45, 7) is 3.85. The first-order valence-corrected chi connectivity index (χ1v) is 13.4. The van der Waals surface area contributed by atoms with Gasteiger partial charge in [0.25, 0.3) is 0 Å². The molecule has 5 rings (SSSR count). The van der Waals surface area contributed by atoms with Crippen molar-refractivity contribution < 1.29 is 13.7 Å². The molecule has 6 nitrogen and oxygen atoms in total. The van der Waals surface area contributed by atoms with Gasteiger partial charge in [-0.25, -0.2) is 4.79 Å². The molecule has 3 aromatic rings. The minimum Gasteiger partial charge on any atom is -0.446 e. The zero-order valence-electron chi connectivity index (χ0n) is 19.5. The number of aromatic nitrogens is 1. The van der Waals surface area contributed by atoms with Crippen LogP contribution in [0, 0.1) is 17.2 Å². The van der Waals surface area contributed by atoms with Crippen LogP contribution in [0.5, 0.6) is 0 Å². The Morgan fingerprint density at radius 3 is 2.53 bits per heavy atom. The first-order valence-electron chi connectivity index (χ1n) is 12.0. The van der Waals surface area contributed by atoms with Crippen LogP contribution < -0.4 is 5.32 Å². The van der Waals surface area contributed by atoms with Gasteiger partial charge in [0.05, 0.1) is 27.6 Å². The molecule has 2 saturated carbocycles. The van der Waals surface area contributed by atoms with Gasteiger partial charge in [-0.3, -0.25) is 9.53 Å². The van der Waals surface area contributed by atoms with E-state index in [9.17, 15) is 14.3 Å². The Morgan fingerprint density at radius 1 is 1.21 bits per heavy atom. The third-order valence-corrected chi connectivity index (χ3v) is 8.34. The summed E-state index contributed by atoms with van der Waals surface area (Å²) in [5, 5.41) is 13.8. The molecule has 0 bridgehead atoms. The van der Waals surface area contributed by atoms with Crippen molar-refractivity contribution in [2.24, 2.45) is 5.92 Å². The second-order valence-electron chi connectivity index (χ2n) is 9.25. The second kappa shape index (κ2) is 9.27. The number of amides is 1. The van der Waals surface area contributed by atoms with Gasteiger partial charge in [0.2, 0.25) is 0 Å². The maximum Gasteiger partial charge on any atom is 0.411 e. The summed E-state index contributed by atoms with van der Waals surface area (Å²) in [4.78, 5) is 13.0. The number of nitrogens with one attached hydrogen (secondary N) is 1. The SMILES string of the molecule is CCS(=O)c1ccc2c(C#N)c(-c3ccc(NC(=O)O[C@H](C)C4CC4)cc3)n(C3CCC3)c2c1. The largest absolute Gasteiger partial charge is 0.446 e. The zero-order chi connectivity index (χ0) is 23.8. The van der Waals surface area contributed by atoms with Crippen LogP contribution in [0.15, 0.2) is 47.4 Å². The average Bonchev–Trinajstić information content (AvgIpc) is 3.61. The molecule has 2 aliphatic rings. The van der Waals surface area contributed by atoms with Gasteiger partial charge in [0, 0.05) is 27.8 Å². The maximum atomic E-state index is 12.5. The summed E-state index contributed by atoms with van der Waals surface area (Å²) in [5.41, 5.74) is 4.06. The van der Waals surface area contributed by atoms with Crippen molar-refractivity contribution in [2.45, 2.75) is 63.0 Å². The van der Waals surface area contributed by atoms with E-state index in [0.717, 1.165) is 59.2 Å². The van der Waals surface area contributed by atoms with Crippen LogP contribution in [0.2, 0.25) is 0 Å². The van der Waals surface area contributed by atoms with Gasteiger partial charge >= 0.3 is 6.09 Å². The lowest BCUT2D eigenvalue weighted by atomic mass is 9.92. The third kappa shape index (κ3) is 4.23. The van der Waals surface area contributed by atoms with E-state index >= 15 is 0 Å². The fourth-order valence-corrected chi connectivity index (χ4v) is 5.51. The molecule has 1 unspecified atom stereocenters. The highest BCUT2D eigenvalue weighted by molar-refractivity contribution is 7.85. The summed E-state index contributed by atoms with van der Waals surface area (Å²) >= 11 is 0. The summed E-state index contributed by atoms with van der Waals surface area (Å²) < 4.78 is 20.2. The van der Waals surface area contributed by atoms with Gasteiger partial charge in [-0.05, 0) is 74.8 Å². The standard InChI is InChI=1S/C27H29N3O3S/c1-3-34(32)22-13-14-23-24(16-28)26(30(25(23)15-22)21-5-4-6-21)19-9-11-20(12-10-19)29-27(31)33-17(2)18-7-8-18/h9-15,17-18,21H,3-8H2,1-2H3,(H,29,31)/t17-,34?/m1/s1. The van der Waals surface area contributed by atoms with Crippen LogP contribution in [-0.2, 0) is 15.5 Å². The van der Waals surface area contributed by atoms with Gasteiger partial charge in [-0.1, -0.05) is 25.1 Å². The number of nitriles is 1. The Hall–Kier alpha value is -3.11. The molecule has 0 spiro atoms. The molecule has 1 amide bonds. The van der Waals surface area contributed by atoms with E-state index < -0.39 is 16.9 Å². The molecule has 34 heavy (non-hydrogen) atoms. The fourth-order valence-electron chi connectivity index (χ4n) is 4.71. The van der Waals surface area contributed by atoms with Crippen LogP contribution in [0.4, 0.5) is 10.5 Å². The Morgan fingerprint density at radius 2 is 1.94 bits per heavy atom. The summed E-state index contributed by atoms with van der Waals surface area (Å²) in [7, 11) is -1.06. The first kappa shape index (κ1) is 22.7. The highest BCUT2D eigenvalue weighted by Gasteiger charge is 2.31. The smallest absolute Gasteiger partial charge is 0.411 e. The van der Waals surface area contributed by atoms with Crippen LogP contribution in [0.1, 0.15) is 57.6 Å². The fraction of sp³-hybridized carbons (Fsp3) is 0.407. The normalized spacial score (nSPS) is 17.6. The Labute approximate surface area is 202 Å². The molecule has 2 fully saturated rings. The lowest BCUT2D eigenvalue weighted by Crippen LogP contribution is -2.21. The number of carbonyl (C=O) groups is 1. The van der Waals surface area contributed by atoms with Crippen molar-refractivity contribution in [1.82, 2.24) is 4.57 Å². The molecular weight excluding hydrogens is 446 g/mol. The van der Waals surface area contributed by atoms with E-state index in [1.165, 1.54) is 0 Å². The number of nitrogens with zero attached hydrogens (tertiary/aromatic N) is 2. The number of rotatable bonds is 7. The molecule has 1 N–H and O–H groups in total. The number of hydrogen-bond donors (Lipinski definition) is 1. The molecule has 0 radical (unpaired) electrons. The van der Waals surface area contributed by atoms with Crippen molar-refractivity contribution in [3.05, 3.63) is 48.0 Å². The molecule has 2 aromatic carbocycles. The van der Waals surface area contributed by atoms with Gasteiger partial charge in [-0.2, -0.15) is 5.26 Å². The summed E-state index contributed by atoms with van der Waals surface area (Å²) in [6, 6.07) is 16.1. The lowest BCUT2D eigenvalue weighted by Gasteiger charge is -2.30. The zero-order valence-corrected chi connectivity index (χ0v) is 20.4. The van der Waals surface area contributed by atoms with E-state index in [1.807, 2.05) is 56.3 Å². The summed E-state index contributed by atoms with van der Waals surface area (Å²) in [6.07, 6.45) is 5.02. The van der Waals surface area contributed by atoms with E-state index in [0.29, 0.717) is 29.0 Å². The minimum absolute atomic E-state index is 0.0671. The maximum absolute atomic E-state index is 12.5. The lowest BCUT2D eigenvalue weighted by molar-refractivity contribution is 0.108. The molecule has 2 atom stereocenters. The first-order chi connectivity index (χ1) is 16.5. The minimum atomic E-state index is -1.06. The topological polar surface area (TPSA) is 84.1 Å². The number of fused-ring (bicyclic) bond motifs is 1. The van der Waals surface area contributed by atoms with Gasteiger partial charge in [0.1, 0.15) is 12.2 Å². The molecule has 2 aliphatic carbocycles. The molecule has 1 heterocycles. The van der Waals surface area contributed by atoms with Crippen molar-refractivity contribution in [3.63, 3.8) is 0 Å². The monoisotopic (exact) mass is 475 g/mol. The van der Waals surface area contributed by atoms with Crippen LogP contribution in [-0.4, -0.2) is 26.7 Å². The molecular formula is C27H29N3O3S. The summed E-state index contributed by atoms with van der Waals surface area (Å²) in [5.74, 6) is 1.05. The predicted octanol–water partition coefficient (Wildman–Crippen LogP) is 6.38. The number of carbonyl (C=O) groups excluding carboxylic acids is 1. The molecule has 176 valence electrons. The van der Waals surface area contributed by atoms with E-state index in [1.54, 1.807) is 0 Å². The van der Waals surface area contributed by atoms with Crippen molar-refractivity contribution in [1.29, 1.82) is 5.26 Å². The third-order valence-electron chi connectivity index (χ3n) is 7.04. The highest BCUT2D eigenvalue weighted by atomic mass is 32.2. The molecule has 0 aliphatic heterocycles. The Kier molecular flexibility index (Phi) is 6.18. The van der Waals surface area contributed by atoms with E-state index in [-0.39, 0.29) is 6.10 Å². The van der Waals surface area contributed by atoms with Crippen LogP contribution >= 0.6 is 0 Å². The Balaban J connectivity index is 1.50. The predicted molar refractivity (Wildman–Crippen MR) is 134 cm³/mol. The average molecular weight is 476 g/mol. The van der Waals surface area contributed by atoms with Gasteiger partial charge in [0.15, 0.2) is 0 Å². The number of anilines is 1. The second-order valence-corrected chi connectivity index (χ2v) is 11.0. The van der Waals surface area contributed by atoms with Crippen LogP contribution in [0.3, 0.4) is 0 Å².